The second kappa shape index (κ2) is 7.48. The van der Waals surface area contributed by atoms with Crippen LogP contribution < -0.4 is 5.32 Å². The highest BCUT2D eigenvalue weighted by molar-refractivity contribution is 6.48. The molecule has 0 radical (unpaired) electrons. The van der Waals surface area contributed by atoms with E-state index < -0.39 is 0 Å². The van der Waals surface area contributed by atoms with Crippen molar-refractivity contribution in [2.45, 2.75) is 39.2 Å². The van der Waals surface area contributed by atoms with Crippen molar-refractivity contribution in [3.63, 3.8) is 0 Å². The molecule has 4 heteroatoms. The number of benzene rings is 1. The van der Waals surface area contributed by atoms with Crippen LogP contribution in [0.25, 0.3) is 0 Å². The Hall–Kier alpha value is 0.0500. The minimum absolute atomic E-state index is 0.189. The minimum Gasteiger partial charge on any atom is -0.310 e. The van der Waals surface area contributed by atoms with Gasteiger partial charge in [0.2, 0.25) is 0 Å². The van der Waals surface area contributed by atoms with Crippen molar-refractivity contribution >= 4 is 34.8 Å². The predicted octanol–water partition coefficient (Wildman–Crippen LogP) is 5.49. The molecule has 1 rings (SSSR count). The van der Waals surface area contributed by atoms with Crippen molar-refractivity contribution in [3.8, 4) is 0 Å². The quantitative estimate of drug-likeness (QED) is 0.540. The van der Waals surface area contributed by atoms with Gasteiger partial charge < -0.3 is 5.32 Å². The van der Waals surface area contributed by atoms with Gasteiger partial charge in [-0.2, -0.15) is 0 Å². The van der Waals surface area contributed by atoms with Gasteiger partial charge in [-0.15, -0.1) is 0 Å². The van der Waals surface area contributed by atoms with Crippen molar-refractivity contribution < 1.29 is 0 Å². The van der Waals surface area contributed by atoms with E-state index in [1.165, 1.54) is 19.3 Å². The second-order valence-electron chi connectivity index (χ2n) is 4.15. The smallest absolute Gasteiger partial charge is 0.0781 e. The van der Waals surface area contributed by atoms with Gasteiger partial charge in [0.05, 0.1) is 15.1 Å². The standard InChI is InChI=1S/C13H18Cl3N/c1-3-4-5-8-17-9(2)10-6-7-11(14)13(16)12(10)15/h6-7,9,17H,3-5,8H2,1-2H3. The van der Waals surface area contributed by atoms with Gasteiger partial charge in [-0.05, 0) is 31.5 Å². The second-order valence-corrected chi connectivity index (χ2v) is 5.31. The van der Waals surface area contributed by atoms with Gasteiger partial charge in [-0.1, -0.05) is 60.6 Å². The summed E-state index contributed by atoms with van der Waals surface area (Å²) >= 11 is 18.1. The van der Waals surface area contributed by atoms with Crippen LogP contribution in [0.2, 0.25) is 15.1 Å². The molecular weight excluding hydrogens is 277 g/mol. The topological polar surface area (TPSA) is 12.0 Å². The molecule has 1 N–H and O–H groups in total. The molecule has 0 heterocycles. The molecule has 0 saturated carbocycles. The lowest BCUT2D eigenvalue weighted by molar-refractivity contribution is 0.544. The molecule has 0 aromatic heterocycles. The fourth-order valence-electron chi connectivity index (χ4n) is 1.68. The fraction of sp³-hybridized carbons (Fsp3) is 0.538. The third-order valence-corrected chi connectivity index (χ3v) is 4.07. The van der Waals surface area contributed by atoms with E-state index in [9.17, 15) is 0 Å². The van der Waals surface area contributed by atoms with Crippen molar-refractivity contribution in [1.29, 1.82) is 0 Å². The molecule has 1 atom stereocenters. The van der Waals surface area contributed by atoms with E-state index in [0.717, 1.165) is 12.1 Å². The monoisotopic (exact) mass is 293 g/mol. The van der Waals surface area contributed by atoms with Crippen LogP contribution in [-0.4, -0.2) is 6.54 Å². The van der Waals surface area contributed by atoms with Crippen LogP contribution in [0.4, 0.5) is 0 Å². The maximum absolute atomic E-state index is 6.18. The van der Waals surface area contributed by atoms with Crippen LogP contribution in [0.5, 0.6) is 0 Å². The molecule has 0 aliphatic carbocycles. The van der Waals surface area contributed by atoms with Gasteiger partial charge in [-0.3, -0.25) is 0 Å². The van der Waals surface area contributed by atoms with Crippen LogP contribution >= 0.6 is 34.8 Å². The molecule has 0 spiro atoms. The molecule has 1 aromatic rings. The third kappa shape index (κ3) is 4.33. The minimum atomic E-state index is 0.189. The van der Waals surface area contributed by atoms with Crippen LogP contribution in [0, 0.1) is 0 Å². The first-order valence-corrected chi connectivity index (χ1v) is 7.08. The van der Waals surface area contributed by atoms with Gasteiger partial charge in [0.25, 0.3) is 0 Å². The van der Waals surface area contributed by atoms with Crippen LogP contribution in [0.15, 0.2) is 12.1 Å². The zero-order valence-electron chi connectivity index (χ0n) is 10.2. The number of nitrogens with one attached hydrogen (secondary N) is 1. The average Bonchev–Trinajstić information content (AvgIpc) is 2.31. The van der Waals surface area contributed by atoms with Crippen LogP contribution in [0.3, 0.4) is 0 Å². The van der Waals surface area contributed by atoms with E-state index in [0.29, 0.717) is 15.1 Å². The van der Waals surface area contributed by atoms with Crippen molar-refractivity contribution in [2.24, 2.45) is 0 Å². The molecule has 0 bridgehead atoms. The van der Waals surface area contributed by atoms with Crippen LogP contribution in [-0.2, 0) is 0 Å². The normalized spacial score (nSPS) is 12.8. The summed E-state index contributed by atoms with van der Waals surface area (Å²) in [6.45, 7) is 5.27. The van der Waals surface area contributed by atoms with Gasteiger partial charge >= 0.3 is 0 Å². The Morgan fingerprint density at radius 1 is 1.12 bits per heavy atom. The molecular formula is C13H18Cl3N. The van der Waals surface area contributed by atoms with E-state index >= 15 is 0 Å². The number of rotatable bonds is 6. The molecule has 0 fully saturated rings. The summed E-state index contributed by atoms with van der Waals surface area (Å²) in [6.07, 6.45) is 3.65. The average molecular weight is 295 g/mol. The maximum Gasteiger partial charge on any atom is 0.0781 e. The van der Waals surface area contributed by atoms with Crippen molar-refractivity contribution in [2.75, 3.05) is 6.54 Å². The predicted molar refractivity (Wildman–Crippen MR) is 77.4 cm³/mol. The zero-order valence-corrected chi connectivity index (χ0v) is 12.5. The SMILES string of the molecule is CCCCCNC(C)c1ccc(Cl)c(Cl)c1Cl. The zero-order chi connectivity index (χ0) is 12.8. The van der Waals surface area contributed by atoms with E-state index in [1.54, 1.807) is 6.07 Å². The Labute approximate surface area is 118 Å². The third-order valence-electron chi connectivity index (χ3n) is 2.76. The summed E-state index contributed by atoms with van der Waals surface area (Å²) in [7, 11) is 0. The highest BCUT2D eigenvalue weighted by atomic mass is 35.5. The van der Waals surface area contributed by atoms with Gasteiger partial charge in [0.1, 0.15) is 0 Å². The number of halogens is 3. The number of hydrogen-bond acceptors (Lipinski definition) is 1. The lowest BCUT2D eigenvalue weighted by atomic mass is 10.1. The van der Waals surface area contributed by atoms with Crippen molar-refractivity contribution in [1.82, 2.24) is 5.32 Å². The maximum atomic E-state index is 6.18. The summed E-state index contributed by atoms with van der Waals surface area (Å²) in [5.41, 5.74) is 0.998. The molecule has 1 nitrogen and oxygen atoms in total. The first-order valence-electron chi connectivity index (χ1n) is 5.94. The lowest BCUT2D eigenvalue weighted by Crippen LogP contribution is -2.20. The van der Waals surface area contributed by atoms with E-state index in [1.807, 2.05) is 6.07 Å². The summed E-state index contributed by atoms with van der Waals surface area (Å²) in [4.78, 5) is 0. The van der Waals surface area contributed by atoms with Gasteiger partial charge in [0, 0.05) is 6.04 Å². The number of hydrogen-bond donors (Lipinski definition) is 1. The van der Waals surface area contributed by atoms with Gasteiger partial charge in [-0.25, -0.2) is 0 Å². The molecule has 17 heavy (non-hydrogen) atoms. The largest absolute Gasteiger partial charge is 0.310 e. The first-order chi connectivity index (χ1) is 8.07. The molecule has 1 unspecified atom stereocenters. The highest BCUT2D eigenvalue weighted by Crippen LogP contribution is 2.35. The summed E-state index contributed by atoms with van der Waals surface area (Å²) < 4.78 is 0. The molecule has 0 saturated heterocycles. The highest BCUT2D eigenvalue weighted by Gasteiger charge is 2.13. The molecule has 0 amide bonds. The molecule has 0 aliphatic rings. The Morgan fingerprint density at radius 2 is 1.82 bits per heavy atom. The number of unbranched alkanes of at least 4 members (excludes halogenated alkanes) is 2. The molecule has 0 aliphatic heterocycles. The van der Waals surface area contributed by atoms with Crippen molar-refractivity contribution in [3.05, 3.63) is 32.8 Å². The Balaban J connectivity index is 2.63. The molecule has 1 aromatic carbocycles. The molecule has 96 valence electrons. The Kier molecular flexibility index (Phi) is 6.65. The fourth-order valence-corrected chi connectivity index (χ4v) is 2.39. The lowest BCUT2D eigenvalue weighted by Gasteiger charge is -2.16. The Bertz CT molecular complexity index is 366. The van der Waals surface area contributed by atoms with E-state index in [2.05, 4.69) is 19.2 Å². The van der Waals surface area contributed by atoms with E-state index in [-0.39, 0.29) is 6.04 Å². The summed E-state index contributed by atoms with van der Waals surface area (Å²) in [6, 6.07) is 3.90. The first kappa shape index (κ1) is 15.1. The van der Waals surface area contributed by atoms with E-state index in [4.69, 9.17) is 34.8 Å². The summed E-state index contributed by atoms with van der Waals surface area (Å²) in [5.74, 6) is 0. The Morgan fingerprint density at radius 3 is 2.47 bits per heavy atom. The summed E-state index contributed by atoms with van der Waals surface area (Å²) in [5, 5.41) is 4.92. The van der Waals surface area contributed by atoms with Gasteiger partial charge in [0.15, 0.2) is 0 Å². The van der Waals surface area contributed by atoms with Crippen LogP contribution in [0.1, 0.15) is 44.7 Å².